The average molecular weight is 376 g/mol. The van der Waals surface area contributed by atoms with Crippen LogP contribution in [0.25, 0.3) is 0 Å². The molecule has 16 heavy (non-hydrogen) atoms. The lowest BCUT2D eigenvalue weighted by Gasteiger charge is -2.30. The monoisotopic (exact) mass is 375 g/mol. The highest BCUT2D eigenvalue weighted by Gasteiger charge is 2.27. The van der Waals surface area contributed by atoms with Gasteiger partial charge in [0, 0.05) is 11.8 Å². The third kappa shape index (κ3) is 3.01. The van der Waals surface area contributed by atoms with Crippen LogP contribution >= 0.6 is 45.8 Å². The van der Waals surface area contributed by atoms with Crippen molar-refractivity contribution in [3.05, 3.63) is 20.3 Å². The summed E-state index contributed by atoms with van der Waals surface area (Å²) < 4.78 is 0.508. The van der Waals surface area contributed by atoms with Gasteiger partial charge >= 0.3 is 0 Å². The van der Waals surface area contributed by atoms with Crippen LogP contribution in [0.5, 0.6) is 0 Å². The minimum atomic E-state index is -0.427. The van der Waals surface area contributed by atoms with Gasteiger partial charge in [0.1, 0.15) is 9.39 Å². The molecule has 0 aliphatic heterocycles. The number of anilines is 1. The summed E-state index contributed by atoms with van der Waals surface area (Å²) in [6.45, 7) is 1.98. The fraction of sp³-hybridized carbons (Fsp3) is 0.556. The fourth-order valence-electron chi connectivity index (χ4n) is 1.10. The van der Waals surface area contributed by atoms with Gasteiger partial charge in [-0.1, -0.05) is 6.92 Å². The van der Waals surface area contributed by atoms with Crippen LogP contribution < -0.4 is 10.9 Å². The SMILES string of the molecule is CCC(CCl)(CCl)Nc1nc[nH]c(=O)c1I. The maximum Gasteiger partial charge on any atom is 0.266 e. The maximum atomic E-state index is 11.4. The Morgan fingerprint density at radius 3 is 2.69 bits per heavy atom. The van der Waals surface area contributed by atoms with Gasteiger partial charge in [-0.3, -0.25) is 4.79 Å². The molecule has 1 aromatic rings. The lowest BCUT2D eigenvalue weighted by atomic mass is 10.0. The van der Waals surface area contributed by atoms with Crippen LogP contribution in [0.1, 0.15) is 13.3 Å². The molecular formula is C9H12Cl2IN3O. The summed E-state index contributed by atoms with van der Waals surface area (Å²) in [5.41, 5.74) is -0.601. The summed E-state index contributed by atoms with van der Waals surface area (Å²) in [4.78, 5) is 18.0. The van der Waals surface area contributed by atoms with E-state index in [2.05, 4.69) is 15.3 Å². The average Bonchev–Trinajstić information content (AvgIpc) is 2.32. The van der Waals surface area contributed by atoms with Crippen molar-refractivity contribution >= 4 is 51.6 Å². The van der Waals surface area contributed by atoms with Crippen LogP contribution in [0.15, 0.2) is 11.1 Å². The highest BCUT2D eigenvalue weighted by Crippen LogP contribution is 2.22. The Kier molecular flexibility index (Phi) is 5.33. The van der Waals surface area contributed by atoms with Crippen LogP contribution in [-0.2, 0) is 0 Å². The number of rotatable bonds is 5. The maximum absolute atomic E-state index is 11.4. The summed E-state index contributed by atoms with van der Waals surface area (Å²) >= 11 is 13.7. The molecule has 0 saturated heterocycles. The van der Waals surface area contributed by atoms with Gasteiger partial charge in [-0.15, -0.1) is 23.2 Å². The van der Waals surface area contributed by atoms with Gasteiger partial charge < -0.3 is 10.3 Å². The molecule has 0 aromatic carbocycles. The Labute approximate surface area is 117 Å². The van der Waals surface area contributed by atoms with E-state index in [1.54, 1.807) is 0 Å². The second kappa shape index (κ2) is 6.07. The van der Waals surface area contributed by atoms with E-state index in [0.29, 0.717) is 21.1 Å². The predicted molar refractivity (Wildman–Crippen MR) is 75.7 cm³/mol. The largest absolute Gasteiger partial charge is 0.361 e. The predicted octanol–water partition coefficient (Wildman–Crippen LogP) is 2.41. The third-order valence-electron chi connectivity index (χ3n) is 2.37. The van der Waals surface area contributed by atoms with Crippen LogP contribution in [0.3, 0.4) is 0 Å². The highest BCUT2D eigenvalue weighted by molar-refractivity contribution is 14.1. The first-order chi connectivity index (χ1) is 7.58. The quantitative estimate of drug-likeness (QED) is 0.613. The number of aromatic amines is 1. The Hall–Kier alpha value is -0.0100. The van der Waals surface area contributed by atoms with Crippen LogP contribution in [-0.4, -0.2) is 27.3 Å². The molecule has 0 aliphatic rings. The van der Waals surface area contributed by atoms with E-state index in [9.17, 15) is 4.79 Å². The smallest absolute Gasteiger partial charge is 0.266 e. The molecule has 1 aromatic heterocycles. The summed E-state index contributed by atoms with van der Waals surface area (Å²) in [5, 5.41) is 3.15. The Balaban J connectivity index is 3.03. The van der Waals surface area contributed by atoms with Crippen molar-refractivity contribution < 1.29 is 0 Å². The zero-order valence-electron chi connectivity index (χ0n) is 8.69. The standard InChI is InChI=1S/C9H12Cl2IN3O/c1-2-9(3-10,4-11)15-7-6(12)8(16)14-5-13-7/h5H,2-4H2,1H3,(H2,13,14,15,16). The van der Waals surface area contributed by atoms with Gasteiger partial charge in [0.15, 0.2) is 0 Å². The highest BCUT2D eigenvalue weighted by atomic mass is 127. The molecular weight excluding hydrogens is 364 g/mol. The number of hydrogen-bond donors (Lipinski definition) is 2. The molecule has 0 amide bonds. The molecule has 4 nitrogen and oxygen atoms in total. The van der Waals surface area contributed by atoms with E-state index in [-0.39, 0.29) is 5.56 Å². The fourth-order valence-corrected chi connectivity index (χ4v) is 2.33. The van der Waals surface area contributed by atoms with Crippen LogP contribution in [0.4, 0.5) is 5.82 Å². The van der Waals surface area contributed by atoms with Crippen molar-refractivity contribution in [3.8, 4) is 0 Å². The molecule has 0 spiro atoms. The molecule has 0 bridgehead atoms. The lowest BCUT2D eigenvalue weighted by Crippen LogP contribution is -2.42. The number of aromatic nitrogens is 2. The van der Waals surface area contributed by atoms with Crippen molar-refractivity contribution in [1.29, 1.82) is 0 Å². The molecule has 0 saturated carbocycles. The van der Waals surface area contributed by atoms with Crippen molar-refractivity contribution in [2.45, 2.75) is 18.9 Å². The molecule has 0 fully saturated rings. The van der Waals surface area contributed by atoms with E-state index < -0.39 is 5.54 Å². The van der Waals surface area contributed by atoms with Gasteiger partial charge in [-0.2, -0.15) is 0 Å². The summed E-state index contributed by atoms with van der Waals surface area (Å²) in [5.74, 6) is 1.24. The zero-order chi connectivity index (χ0) is 12.2. The Bertz CT molecular complexity index is 398. The minimum Gasteiger partial charge on any atom is -0.361 e. The van der Waals surface area contributed by atoms with E-state index in [0.717, 1.165) is 6.42 Å². The summed E-state index contributed by atoms with van der Waals surface area (Å²) in [7, 11) is 0. The number of hydrogen-bond acceptors (Lipinski definition) is 3. The van der Waals surface area contributed by atoms with Crippen molar-refractivity contribution in [2.24, 2.45) is 0 Å². The van der Waals surface area contributed by atoms with E-state index in [1.807, 2.05) is 29.5 Å². The molecule has 0 radical (unpaired) electrons. The molecule has 0 aliphatic carbocycles. The van der Waals surface area contributed by atoms with Crippen LogP contribution in [0, 0.1) is 3.57 Å². The lowest BCUT2D eigenvalue weighted by molar-refractivity contribution is 0.557. The van der Waals surface area contributed by atoms with Crippen molar-refractivity contribution in [3.63, 3.8) is 0 Å². The normalized spacial score (nSPS) is 11.5. The number of H-pyrrole nitrogens is 1. The van der Waals surface area contributed by atoms with Gasteiger partial charge in [-0.25, -0.2) is 4.98 Å². The molecule has 7 heteroatoms. The van der Waals surface area contributed by atoms with E-state index >= 15 is 0 Å². The van der Waals surface area contributed by atoms with Crippen molar-refractivity contribution in [2.75, 3.05) is 17.1 Å². The molecule has 90 valence electrons. The van der Waals surface area contributed by atoms with E-state index in [4.69, 9.17) is 23.2 Å². The summed E-state index contributed by atoms with van der Waals surface area (Å²) in [6, 6.07) is 0. The second-order valence-electron chi connectivity index (χ2n) is 3.42. The first kappa shape index (κ1) is 14.1. The number of halogens is 3. The van der Waals surface area contributed by atoms with Gasteiger partial charge in [-0.05, 0) is 29.0 Å². The second-order valence-corrected chi connectivity index (χ2v) is 5.03. The van der Waals surface area contributed by atoms with Gasteiger partial charge in [0.25, 0.3) is 5.56 Å². The first-order valence-electron chi connectivity index (χ1n) is 4.72. The Morgan fingerprint density at radius 1 is 1.56 bits per heavy atom. The summed E-state index contributed by atoms with van der Waals surface area (Å²) in [6.07, 6.45) is 2.11. The minimum absolute atomic E-state index is 0.174. The Morgan fingerprint density at radius 2 is 2.19 bits per heavy atom. The van der Waals surface area contributed by atoms with Crippen molar-refractivity contribution in [1.82, 2.24) is 9.97 Å². The first-order valence-corrected chi connectivity index (χ1v) is 6.86. The van der Waals surface area contributed by atoms with Crippen LogP contribution in [0.2, 0.25) is 0 Å². The molecule has 0 atom stereocenters. The number of nitrogens with one attached hydrogen (secondary N) is 2. The van der Waals surface area contributed by atoms with Gasteiger partial charge in [0.2, 0.25) is 0 Å². The third-order valence-corrected chi connectivity index (χ3v) is 4.39. The molecule has 0 unspecified atom stereocenters. The zero-order valence-corrected chi connectivity index (χ0v) is 12.4. The number of alkyl halides is 2. The van der Waals surface area contributed by atoms with Gasteiger partial charge in [0.05, 0.1) is 11.9 Å². The topological polar surface area (TPSA) is 57.8 Å². The number of nitrogens with zero attached hydrogens (tertiary/aromatic N) is 1. The molecule has 1 heterocycles. The molecule has 1 rings (SSSR count). The van der Waals surface area contributed by atoms with E-state index in [1.165, 1.54) is 6.33 Å². The molecule has 2 N–H and O–H groups in total.